The summed E-state index contributed by atoms with van der Waals surface area (Å²) in [6.45, 7) is -0.300. The van der Waals surface area contributed by atoms with E-state index in [2.05, 4.69) is 0 Å². The molecule has 0 atom stereocenters. The largest absolute Gasteiger partial charge is 0.397 e. The third kappa shape index (κ3) is 2.74. The molecule has 3 N–H and O–H groups in total. The number of nitrogens with zero attached hydrogens (tertiary/aromatic N) is 2. The normalized spacial score (nSPS) is 15.5. The maximum absolute atomic E-state index is 12.5. The quantitative estimate of drug-likeness (QED) is 0.442. The van der Waals surface area contributed by atoms with Crippen LogP contribution in [0.4, 0.5) is 11.4 Å². The predicted molar refractivity (Wildman–Crippen MR) is 71.5 cm³/mol. The minimum Gasteiger partial charge on any atom is -0.397 e. The first kappa shape index (κ1) is 14.7. The van der Waals surface area contributed by atoms with Gasteiger partial charge in [-0.05, 0) is 18.9 Å². The molecule has 0 amide bonds. The number of nitro benzene ring substituents is 1. The van der Waals surface area contributed by atoms with E-state index >= 15 is 0 Å². The Morgan fingerprint density at radius 2 is 2.10 bits per heavy atom. The smallest absolute Gasteiger partial charge is 0.271 e. The van der Waals surface area contributed by atoms with Crippen LogP contribution in [0, 0.1) is 10.1 Å². The van der Waals surface area contributed by atoms with Crippen LogP contribution in [0.5, 0.6) is 0 Å². The zero-order valence-corrected chi connectivity index (χ0v) is 11.4. The lowest BCUT2D eigenvalue weighted by Crippen LogP contribution is -2.35. The third-order valence-corrected chi connectivity index (χ3v) is 5.09. The standard InChI is InChI=1S/C11H15N3O5S/c12-10-7-9(14(16)17)3-4-11(10)20(18,19)13(5-6-15)8-1-2-8/h3-4,7-8,15H,1-2,5-6,12H2. The molecule has 1 fully saturated rings. The van der Waals surface area contributed by atoms with Gasteiger partial charge in [-0.15, -0.1) is 0 Å². The molecule has 8 nitrogen and oxygen atoms in total. The van der Waals surface area contributed by atoms with Crippen molar-refractivity contribution >= 4 is 21.4 Å². The van der Waals surface area contributed by atoms with Crippen LogP contribution in [-0.4, -0.2) is 41.9 Å². The van der Waals surface area contributed by atoms with Crippen molar-refractivity contribution in [2.24, 2.45) is 0 Å². The van der Waals surface area contributed by atoms with Crippen LogP contribution in [0.15, 0.2) is 23.1 Å². The molecule has 0 saturated heterocycles. The molecule has 2 rings (SSSR count). The van der Waals surface area contributed by atoms with Crippen molar-refractivity contribution in [1.29, 1.82) is 0 Å². The molecule has 0 aliphatic heterocycles. The maximum atomic E-state index is 12.5. The molecular weight excluding hydrogens is 286 g/mol. The molecule has 0 aromatic heterocycles. The molecule has 1 aliphatic carbocycles. The van der Waals surface area contributed by atoms with Crippen molar-refractivity contribution < 1.29 is 18.4 Å². The molecule has 20 heavy (non-hydrogen) atoms. The number of nitrogens with two attached hydrogens (primary N) is 1. The Morgan fingerprint density at radius 3 is 2.55 bits per heavy atom. The van der Waals surface area contributed by atoms with E-state index in [0.29, 0.717) is 0 Å². The SMILES string of the molecule is Nc1cc([N+](=O)[O-])ccc1S(=O)(=O)N(CCO)C1CC1. The molecule has 0 unspecified atom stereocenters. The van der Waals surface area contributed by atoms with Crippen LogP contribution in [0.1, 0.15) is 12.8 Å². The van der Waals surface area contributed by atoms with Gasteiger partial charge in [0, 0.05) is 24.7 Å². The lowest BCUT2D eigenvalue weighted by atomic mass is 10.3. The molecule has 1 aliphatic rings. The number of rotatable bonds is 6. The fraction of sp³-hybridized carbons (Fsp3) is 0.455. The van der Waals surface area contributed by atoms with Gasteiger partial charge in [0.15, 0.2) is 0 Å². The first-order chi connectivity index (χ1) is 9.37. The molecule has 0 bridgehead atoms. The Bertz CT molecular complexity index is 627. The van der Waals surface area contributed by atoms with Crippen molar-refractivity contribution in [2.45, 2.75) is 23.8 Å². The average molecular weight is 301 g/mol. The first-order valence-corrected chi connectivity index (χ1v) is 7.48. The summed E-state index contributed by atoms with van der Waals surface area (Å²) < 4.78 is 26.1. The fourth-order valence-electron chi connectivity index (χ4n) is 1.97. The van der Waals surface area contributed by atoms with Crippen LogP contribution >= 0.6 is 0 Å². The number of anilines is 1. The van der Waals surface area contributed by atoms with E-state index in [1.165, 1.54) is 4.31 Å². The minimum absolute atomic E-state index is 0.0105. The second-order valence-electron chi connectivity index (χ2n) is 4.55. The second-order valence-corrected chi connectivity index (χ2v) is 6.41. The van der Waals surface area contributed by atoms with E-state index in [1.54, 1.807) is 0 Å². The lowest BCUT2D eigenvalue weighted by molar-refractivity contribution is -0.384. The van der Waals surface area contributed by atoms with Crippen LogP contribution in [0.25, 0.3) is 0 Å². The number of benzene rings is 1. The van der Waals surface area contributed by atoms with Gasteiger partial charge in [-0.2, -0.15) is 4.31 Å². The van der Waals surface area contributed by atoms with Gasteiger partial charge in [0.2, 0.25) is 10.0 Å². The zero-order chi connectivity index (χ0) is 14.9. The molecule has 1 aromatic rings. The Balaban J connectivity index is 2.40. The molecule has 9 heteroatoms. The summed E-state index contributed by atoms with van der Waals surface area (Å²) in [5, 5.41) is 19.6. The van der Waals surface area contributed by atoms with Crippen LogP contribution in [0.3, 0.4) is 0 Å². The summed E-state index contributed by atoms with van der Waals surface area (Å²) in [7, 11) is -3.85. The lowest BCUT2D eigenvalue weighted by Gasteiger charge is -2.21. The highest BCUT2D eigenvalue weighted by molar-refractivity contribution is 7.89. The minimum atomic E-state index is -3.85. The van der Waals surface area contributed by atoms with Crippen LogP contribution in [-0.2, 0) is 10.0 Å². The van der Waals surface area contributed by atoms with Crippen molar-refractivity contribution in [3.05, 3.63) is 28.3 Å². The number of sulfonamides is 1. The molecule has 0 spiro atoms. The molecule has 1 aromatic carbocycles. The molecule has 110 valence electrons. The summed E-state index contributed by atoms with van der Waals surface area (Å²) in [5.41, 5.74) is 5.20. The molecule has 0 radical (unpaired) electrons. The molecule has 0 heterocycles. The Labute approximate surface area is 116 Å². The zero-order valence-electron chi connectivity index (χ0n) is 10.6. The Hall–Kier alpha value is -1.71. The van der Waals surface area contributed by atoms with Crippen molar-refractivity contribution in [3.8, 4) is 0 Å². The van der Waals surface area contributed by atoms with Crippen LogP contribution < -0.4 is 5.73 Å². The Morgan fingerprint density at radius 1 is 1.45 bits per heavy atom. The maximum Gasteiger partial charge on any atom is 0.271 e. The number of non-ortho nitro benzene ring substituents is 1. The first-order valence-electron chi connectivity index (χ1n) is 6.04. The fourth-order valence-corrected chi connectivity index (χ4v) is 3.75. The number of nitrogen functional groups attached to an aromatic ring is 1. The van der Waals surface area contributed by atoms with Gasteiger partial charge in [-0.3, -0.25) is 10.1 Å². The highest BCUT2D eigenvalue weighted by Crippen LogP contribution is 2.34. The number of aliphatic hydroxyl groups excluding tert-OH is 1. The highest BCUT2D eigenvalue weighted by Gasteiger charge is 2.38. The summed E-state index contributed by atoms with van der Waals surface area (Å²) in [5.74, 6) is 0. The van der Waals surface area contributed by atoms with Crippen LogP contribution in [0.2, 0.25) is 0 Å². The highest BCUT2D eigenvalue weighted by atomic mass is 32.2. The van der Waals surface area contributed by atoms with Gasteiger partial charge in [0.05, 0.1) is 17.2 Å². The molecule has 1 saturated carbocycles. The van der Waals surface area contributed by atoms with E-state index < -0.39 is 14.9 Å². The summed E-state index contributed by atoms with van der Waals surface area (Å²) in [4.78, 5) is 9.82. The van der Waals surface area contributed by atoms with Gasteiger partial charge in [0.25, 0.3) is 5.69 Å². The summed E-state index contributed by atoms with van der Waals surface area (Å²) >= 11 is 0. The number of hydrogen-bond donors (Lipinski definition) is 2. The second kappa shape index (κ2) is 5.35. The molecular formula is C11H15N3O5S. The van der Waals surface area contributed by atoms with E-state index in [-0.39, 0.29) is 35.5 Å². The van der Waals surface area contributed by atoms with Crippen molar-refractivity contribution in [2.75, 3.05) is 18.9 Å². The van der Waals surface area contributed by atoms with E-state index in [4.69, 9.17) is 10.8 Å². The van der Waals surface area contributed by atoms with Crippen molar-refractivity contribution in [3.63, 3.8) is 0 Å². The Kier molecular flexibility index (Phi) is 3.93. The number of nitro groups is 1. The van der Waals surface area contributed by atoms with E-state index in [1.807, 2.05) is 0 Å². The van der Waals surface area contributed by atoms with E-state index in [9.17, 15) is 18.5 Å². The average Bonchev–Trinajstić information content (AvgIpc) is 3.19. The summed E-state index contributed by atoms with van der Waals surface area (Å²) in [6.07, 6.45) is 1.48. The topological polar surface area (TPSA) is 127 Å². The van der Waals surface area contributed by atoms with Gasteiger partial charge >= 0.3 is 0 Å². The monoisotopic (exact) mass is 301 g/mol. The van der Waals surface area contributed by atoms with Gasteiger partial charge in [0.1, 0.15) is 4.90 Å². The third-order valence-electron chi connectivity index (χ3n) is 3.07. The van der Waals surface area contributed by atoms with Gasteiger partial charge in [-0.25, -0.2) is 8.42 Å². The summed E-state index contributed by atoms with van der Waals surface area (Å²) in [6, 6.07) is 3.14. The number of hydrogen-bond acceptors (Lipinski definition) is 6. The van der Waals surface area contributed by atoms with Gasteiger partial charge < -0.3 is 10.8 Å². The van der Waals surface area contributed by atoms with E-state index in [0.717, 1.165) is 31.0 Å². The number of aliphatic hydroxyl groups is 1. The van der Waals surface area contributed by atoms with Gasteiger partial charge in [-0.1, -0.05) is 0 Å². The van der Waals surface area contributed by atoms with Crippen molar-refractivity contribution in [1.82, 2.24) is 4.31 Å². The predicted octanol–water partition coefficient (Wildman–Crippen LogP) is 0.322.